The highest BCUT2D eigenvalue weighted by Gasteiger charge is 2.18. The number of aliphatic imine (C=N–C) groups is 1. The number of H-pyrrole nitrogens is 1. The summed E-state index contributed by atoms with van der Waals surface area (Å²) in [6.45, 7) is 1.08. The number of aromatic nitrogens is 3. The van der Waals surface area contributed by atoms with Crippen molar-refractivity contribution in [3.05, 3.63) is 24.0 Å². The van der Waals surface area contributed by atoms with Crippen LogP contribution in [0.1, 0.15) is 18.4 Å². The summed E-state index contributed by atoms with van der Waals surface area (Å²) in [5, 5.41) is 14.4. The van der Waals surface area contributed by atoms with Gasteiger partial charge in [0, 0.05) is 38.5 Å². The molecule has 0 atom stereocenters. The van der Waals surface area contributed by atoms with Gasteiger partial charge >= 0.3 is 0 Å². The van der Waals surface area contributed by atoms with Crippen molar-refractivity contribution in [2.24, 2.45) is 4.99 Å². The molecule has 4 rings (SSSR count). The molecule has 1 aliphatic rings. The first kappa shape index (κ1) is 22.2. The molecule has 33 heavy (non-hydrogen) atoms. The Morgan fingerprint density at radius 2 is 2.03 bits per heavy atom. The highest BCUT2D eigenvalue weighted by atomic mass is 16.5. The van der Waals surface area contributed by atoms with Crippen LogP contribution in [0.2, 0.25) is 0 Å². The Labute approximate surface area is 190 Å². The van der Waals surface area contributed by atoms with E-state index in [0.29, 0.717) is 58.4 Å². The average Bonchev–Trinajstić information content (AvgIpc) is 3.15. The maximum Gasteiger partial charge on any atom is 0.260 e. The zero-order valence-corrected chi connectivity index (χ0v) is 18.7. The minimum atomic E-state index is -0.152. The third-order valence-corrected chi connectivity index (χ3v) is 5.37. The topological polar surface area (TPSA) is 134 Å². The van der Waals surface area contributed by atoms with Gasteiger partial charge in [0.05, 0.1) is 30.9 Å². The Bertz CT molecular complexity index is 1190. The summed E-state index contributed by atoms with van der Waals surface area (Å²) >= 11 is 0. The fourth-order valence-electron chi connectivity index (χ4n) is 3.58. The molecule has 11 heteroatoms. The molecule has 0 aliphatic carbocycles. The second kappa shape index (κ2) is 9.63. The van der Waals surface area contributed by atoms with E-state index in [9.17, 15) is 9.90 Å². The summed E-state index contributed by atoms with van der Waals surface area (Å²) in [5.74, 6) is 1.45. The number of hydrogen-bond acceptors (Lipinski definition) is 9. The second-order valence-corrected chi connectivity index (χ2v) is 7.51. The standard InChI is InChI=1S/C22H26N6O5/c1-28-7-5-4-6-23-20-18-14(22(30)27-21(18)26-12-25-20)10-24-13-8-15(31-2)19(32-3)16(9-13)33-11-17(28)29/h8-10,12,30H,4-7,11H2,1-3H3,(H2,23,25,26,27). The number of nitrogens with one attached hydrogen (secondary N) is 2. The monoisotopic (exact) mass is 454 g/mol. The van der Waals surface area contributed by atoms with E-state index in [1.807, 2.05) is 0 Å². The van der Waals surface area contributed by atoms with Crippen LogP contribution in [0, 0.1) is 0 Å². The molecule has 0 saturated heterocycles. The third-order valence-electron chi connectivity index (χ3n) is 5.37. The number of amides is 1. The summed E-state index contributed by atoms with van der Waals surface area (Å²) < 4.78 is 16.6. The molecular formula is C22H26N6O5. The first-order chi connectivity index (χ1) is 16.0. The van der Waals surface area contributed by atoms with Gasteiger partial charge in [-0.3, -0.25) is 9.79 Å². The number of benzene rings is 1. The van der Waals surface area contributed by atoms with E-state index in [4.69, 9.17) is 14.2 Å². The summed E-state index contributed by atoms with van der Waals surface area (Å²) in [4.78, 5) is 30.1. The summed E-state index contributed by atoms with van der Waals surface area (Å²) in [6.07, 6.45) is 4.55. The molecule has 1 aromatic carbocycles. The van der Waals surface area contributed by atoms with E-state index < -0.39 is 0 Å². The van der Waals surface area contributed by atoms with Crippen molar-refractivity contribution in [3.63, 3.8) is 0 Å². The van der Waals surface area contributed by atoms with Gasteiger partial charge in [-0.1, -0.05) is 0 Å². The van der Waals surface area contributed by atoms with Crippen LogP contribution in [-0.2, 0) is 4.79 Å². The lowest BCUT2D eigenvalue weighted by Crippen LogP contribution is -2.32. The second-order valence-electron chi connectivity index (χ2n) is 7.51. The van der Waals surface area contributed by atoms with Gasteiger partial charge in [-0.2, -0.15) is 0 Å². The van der Waals surface area contributed by atoms with Gasteiger partial charge in [0.15, 0.2) is 24.0 Å². The number of likely N-dealkylation sites (N-methyl/N-ethyl adjacent to an activating group) is 1. The molecule has 2 bridgehead atoms. The first-order valence-electron chi connectivity index (χ1n) is 10.5. The number of hydrogen-bond donors (Lipinski definition) is 3. The number of nitrogens with zero attached hydrogens (tertiary/aromatic N) is 4. The smallest absolute Gasteiger partial charge is 0.260 e. The van der Waals surface area contributed by atoms with Crippen LogP contribution in [0.3, 0.4) is 0 Å². The molecule has 3 heterocycles. The Morgan fingerprint density at radius 1 is 1.18 bits per heavy atom. The van der Waals surface area contributed by atoms with Crippen LogP contribution in [0.5, 0.6) is 23.1 Å². The van der Waals surface area contributed by atoms with Crippen LogP contribution in [-0.4, -0.2) is 78.0 Å². The van der Waals surface area contributed by atoms with Crippen molar-refractivity contribution in [1.29, 1.82) is 0 Å². The van der Waals surface area contributed by atoms with E-state index in [2.05, 4.69) is 25.3 Å². The van der Waals surface area contributed by atoms with E-state index in [0.717, 1.165) is 12.8 Å². The molecular weight excluding hydrogens is 428 g/mol. The maximum absolute atomic E-state index is 12.5. The minimum Gasteiger partial charge on any atom is -0.494 e. The fourth-order valence-corrected chi connectivity index (χ4v) is 3.58. The average molecular weight is 454 g/mol. The molecule has 174 valence electrons. The Balaban J connectivity index is 1.81. The van der Waals surface area contributed by atoms with Crippen molar-refractivity contribution < 1.29 is 24.1 Å². The molecule has 0 spiro atoms. The molecule has 3 aromatic rings. The number of anilines is 1. The number of aromatic hydroxyl groups is 1. The molecule has 3 N–H and O–H groups in total. The number of fused-ring (bicyclic) bond motifs is 2. The zero-order chi connectivity index (χ0) is 23.4. The van der Waals surface area contributed by atoms with E-state index in [1.165, 1.54) is 26.8 Å². The van der Waals surface area contributed by atoms with Crippen molar-refractivity contribution >= 4 is 34.7 Å². The molecule has 11 nitrogen and oxygen atoms in total. The molecule has 2 aromatic heterocycles. The normalized spacial score (nSPS) is 15.0. The molecule has 1 amide bonds. The van der Waals surface area contributed by atoms with Crippen molar-refractivity contribution in [2.75, 3.05) is 46.3 Å². The lowest BCUT2D eigenvalue weighted by molar-refractivity contribution is -0.132. The highest BCUT2D eigenvalue weighted by Crippen LogP contribution is 2.41. The largest absolute Gasteiger partial charge is 0.494 e. The number of aromatic amines is 1. The fraction of sp³-hybridized carbons (Fsp3) is 0.364. The molecule has 0 fully saturated rings. The molecule has 0 saturated carbocycles. The number of rotatable bonds is 2. The number of carbonyl (C=O) groups is 1. The number of carbonyl (C=O) groups excluding carboxylic acids is 1. The predicted molar refractivity (Wildman–Crippen MR) is 123 cm³/mol. The van der Waals surface area contributed by atoms with Crippen LogP contribution >= 0.6 is 0 Å². The highest BCUT2D eigenvalue weighted by molar-refractivity contribution is 6.06. The first-order valence-corrected chi connectivity index (χ1v) is 10.5. The van der Waals surface area contributed by atoms with E-state index in [1.54, 1.807) is 24.1 Å². The summed E-state index contributed by atoms with van der Waals surface area (Å²) in [7, 11) is 4.74. The quantitative estimate of drug-likeness (QED) is 0.538. The van der Waals surface area contributed by atoms with Crippen molar-refractivity contribution in [3.8, 4) is 23.1 Å². The van der Waals surface area contributed by atoms with Crippen molar-refractivity contribution in [2.45, 2.75) is 12.8 Å². The van der Waals surface area contributed by atoms with Crippen LogP contribution in [0.15, 0.2) is 23.5 Å². The van der Waals surface area contributed by atoms with Gasteiger partial charge in [0.2, 0.25) is 5.75 Å². The van der Waals surface area contributed by atoms with Crippen LogP contribution < -0.4 is 19.5 Å². The van der Waals surface area contributed by atoms with Gasteiger partial charge in [-0.15, -0.1) is 0 Å². The molecule has 1 aliphatic heterocycles. The maximum atomic E-state index is 12.5. The lowest BCUT2D eigenvalue weighted by Gasteiger charge is -2.19. The third kappa shape index (κ3) is 4.61. The number of ether oxygens (including phenoxy) is 3. The predicted octanol–water partition coefficient (Wildman–Crippen LogP) is 2.47. The van der Waals surface area contributed by atoms with Gasteiger partial charge in [0.1, 0.15) is 17.8 Å². The zero-order valence-electron chi connectivity index (χ0n) is 18.7. The van der Waals surface area contributed by atoms with Crippen LogP contribution in [0.25, 0.3) is 11.0 Å². The van der Waals surface area contributed by atoms with Gasteiger partial charge in [-0.25, -0.2) is 9.97 Å². The Kier molecular flexibility index (Phi) is 6.48. The minimum absolute atomic E-state index is 0.0700. The lowest BCUT2D eigenvalue weighted by atomic mass is 10.2. The van der Waals surface area contributed by atoms with Gasteiger partial charge in [-0.05, 0) is 12.8 Å². The van der Waals surface area contributed by atoms with E-state index in [-0.39, 0.29) is 18.4 Å². The Morgan fingerprint density at radius 3 is 2.82 bits per heavy atom. The van der Waals surface area contributed by atoms with Crippen LogP contribution in [0.4, 0.5) is 11.5 Å². The molecule has 0 radical (unpaired) electrons. The van der Waals surface area contributed by atoms with Crippen molar-refractivity contribution in [1.82, 2.24) is 19.9 Å². The SMILES string of the molecule is COc1cc2cc(c1OC)OCC(=O)N(C)CCCCNc1ncnc3[nH]c(O)c(c13)C=N2. The summed E-state index contributed by atoms with van der Waals surface area (Å²) in [6, 6.07) is 3.32. The number of methoxy groups -OCH3 is 2. The van der Waals surface area contributed by atoms with E-state index >= 15 is 0 Å². The Hall–Kier alpha value is -4.02. The van der Waals surface area contributed by atoms with Gasteiger partial charge < -0.3 is 34.5 Å². The summed E-state index contributed by atoms with van der Waals surface area (Å²) in [5.41, 5.74) is 1.42. The van der Waals surface area contributed by atoms with Gasteiger partial charge in [0.25, 0.3) is 5.91 Å². The molecule has 0 unspecified atom stereocenters.